The maximum Gasteiger partial charge on any atom is 0.119 e. The lowest BCUT2D eigenvalue weighted by molar-refractivity contribution is 0.415. The molecule has 0 aliphatic heterocycles. The highest BCUT2D eigenvalue weighted by Gasteiger charge is 2.07. The molecule has 0 saturated carbocycles. The SMILES string of the molecule is C=NCc1cccnc1.C=Nc1ccc(OC)cc1-c1ccc(-c2ccc(Cl)cc2)cc1.CN. The molecule has 0 amide bonds. The molecule has 0 atom stereocenters. The standard InChI is InChI=1S/C20H16ClNO.C7H8N2.CH5N/c1-22-20-12-11-18(23-2)13-19(20)16-5-3-14(4-6-16)15-7-9-17(21)10-8-15;1-8-5-7-3-2-4-9-6-7;1-2/h3-13H,1H2,2H3;2-4,6H,1,5H2;2H2,1H3. The number of ether oxygens (including phenoxy) is 1. The first-order valence-corrected chi connectivity index (χ1v) is 10.9. The monoisotopic (exact) mass is 472 g/mol. The van der Waals surface area contributed by atoms with E-state index in [0.29, 0.717) is 6.54 Å². The number of halogens is 1. The molecule has 0 fully saturated rings. The summed E-state index contributed by atoms with van der Waals surface area (Å²) in [5.41, 5.74) is 10.8. The zero-order valence-corrected chi connectivity index (χ0v) is 20.2. The van der Waals surface area contributed by atoms with Gasteiger partial charge in [-0.25, -0.2) is 0 Å². The van der Waals surface area contributed by atoms with E-state index in [-0.39, 0.29) is 0 Å². The minimum absolute atomic E-state index is 0.661. The topological polar surface area (TPSA) is 72.9 Å². The van der Waals surface area contributed by atoms with Gasteiger partial charge in [0, 0.05) is 23.0 Å². The van der Waals surface area contributed by atoms with Crippen LogP contribution in [0.25, 0.3) is 22.3 Å². The quantitative estimate of drug-likeness (QED) is 0.311. The highest BCUT2D eigenvalue weighted by molar-refractivity contribution is 6.30. The highest BCUT2D eigenvalue weighted by atomic mass is 35.5. The smallest absolute Gasteiger partial charge is 0.119 e. The molecule has 174 valence electrons. The van der Waals surface area contributed by atoms with Crippen molar-refractivity contribution in [2.24, 2.45) is 15.7 Å². The minimum Gasteiger partial charge on any atom is -0.497 e. The number of hydrogen-bond donors (Lipinski definition) is 1. The van der Waals surface area contributed by atoms with Crippen LogP contribution in [0.5, 0.6) is 5.75 Å². The molecule has 6 heteroatoms. The largest absolute Gasteiger partial charge is 0.497 e. The van der Waals surface area contributed by atoms with E-state index in [4.69, 9.17) is 16.3 Å². The van der Waals surface area contributed by atoms with E-state index in [2.05, 4.69) is 58.4 Å². The summed E-state index contributed by atoms with van der Waals surface area (Å²) in [6, 6.07) is 25.8. The summed E-state index contributed by atoms with van der Waals surface area (Å²) >= 11 is 5.94. The number of aliphatic imine (C=N–C) groups is 2. The summed E-state index contributed by atoms with van der Waals surface area (Å²) in [4.78, 5) is 11.7. The van der Waals surface area contributed by atoms with Gasteiger partial charge in [0.1, 0.15) is 5.75 Å². The van der Waals surface area contributed by atoms with Crippen LogP contribution < -0.4 is 10.5 Å². The Morgan fingerprint density at radius 2 is 1.50 bits per heavy atom. The first-order chi connectivity index (χ1) is 16.6. The first-order valence-electron chi connectivity index (χ1n) is 10.5. The van der Waals surface area contributed by atoms with Crippen LogP contribution in [0.15, 0.2) is 101 Å². The maximum atomic E-state index is 5.94. The predicted octanol–water partition coefficient (Wildman–Crippen LogP) is 6.87. The summed E-state index contributed by atoms with van der Waals surface area (Å²) in [5.74, 6) is 0.800. The number of methoxy groups -OCH3 is 1. The van der Waals surface area contributed by atoms with Gasteiger partial charge >= 0.3 is 0 Å². The lowest BCUT2D eigenvalue weighted by Crippen LogP contribution is -1.85. The Kier molecular flexibility index (Phi) is 11.2. The Bertz CT molecular complexity index is 1160. The highest BCUT2D eigenvalue weighted by Crippen LogP contribution is 2.34. The van der Waals surface area contributed by atoms with Gasteiger partial charge in [0.25, 0.3) is 0 Å². The van der Waals surface area contributed by atoms with Gasteiger partial charge in [-0.1, -0.05) is 54.1 Å². The summed E-state index contributed by atoms with van der Waals surface area (Å²) < 4.78 is 5.31. The Morgan fingerprint density at radius 3 is 2.03 bits per heavy atom. The molecule has 1 heterocycles. The average Bonchev–Trinajstić information content (AvgIpc) is 2.91. The van der Waals surface area contributed by atoms with Gasteiger partial charge in [-0.05, 0) is 79.1 Å². The maximum absolute atomic E-state index is 5.94. The second kappa shape index (κ2) is 14.4. The molecule has 0 spiro atoms. The molecule has 0 radical (unpaired) electrons. The van der Waals surface area contributed by atoms with E-state index in [0.717, 1.165) is 44.3 Å². The van der Waals surface area contributed by atoms with Gasteiger partial charge in [0.05, 0.1) is 19.3 Å². The molecule has 4 aromatic rings. The van der Waals surface area contributed by atoms with Gasteiger partial charge < -0.3 is 10.5 Å². The molecule has 1 aromatic heterocycles. The number of pyridine rings is 1. The third-order valence-electron chi connectivity index (χ3n) is 4.76. The van der Waals surface area contributed by atoms with E-state index in [1.54, 1.807) is 19.5 Å². The molecule has 4 rings (SSSR count). The molecule has 2 N–H and O–H groups in total. The fourth-order valence-electron chi connectivity index (χ4n) is 3.12. The van der Waals surface area contributed by atoms with Gasteiger partial charge in [-0.3, -0.25) is 15.0 Å². The van der Waals surface area contributed by atoms with Crippen molar-refractivity contribution in [1.29, 1.82) is 0 Å². The summed E-state index contributed by atoms with van der Waals surface area (Å²) in [7, 11) is 3.16. The molecule has 0 unspecified atom stereocenters. The fraction of sp³-hybridized carbons (Fsp3) is 0.107. The van der Waals surface area contributed by atoms with Crippen LogP contribution in [0, 0.1) is 0 Å². The van der Waals surface area contributed by atoms with Gasteiger partial charge in [0.15, 0.2) is 0 Å². The molecule has 0 aliphatic rings. The van der Waals surface area contributed by atoms with E-state index in [1.165, 1.54) is 7.05 Å². The number of aromatic nitrogens is 1. The van der Waals surface area contributed by atoms with Crippen LogP contribution in [0.4, 0.5) is 5.69 Å². The van der Waals surface area contributed by atoms with Gasteiger partial charge in [-0.2, -0.15) is 0 Å². The van der Waals surface area contributed by atoms with Gasteiger partial charge in [-0.15, -0.1) is 0 Å². The Hall–Kier alpha value is -3.80. The van der Waals surface area contributed by atoms with E-state index >= 15 is 0 Å². The number of nitrogens with zero attached hydrogens (tertiary/aromatic N) is 3. The lowest BCUT2D eigenvalue weighted by Gasteiger charge is -2.09. The van der Waals surface area contributed by atoms with Crippen LogP contribution in [0.2, 0.25) is 5.02 Å². The molecular formula is C28H29ClN4O. The van der Waals surface area contributed by atoms with Crippen molar-refractivity contribution in [1.82, 2.24) is 4.98 Å². The molecule has 34 heavy (non-hydrogen) atoms. The lowest BCUT2D eigenvalue weighted by atomic mass is 9.99. The van der Waals surface area contributed by atoms with Crippen molar-refractivity contribution in [2.75, 3.05) is 14.2 Å². The zero-order valence-electron chi connectivity index (χ0n) is 19.5. The third kappa shape index (κ3) is 7.66. The third-order valence-corrected chi connectivity index (χ3v) is 5.02. The normalized spacial score (nSPS) is 9.53. The minimum atomic E-state index is 0.661. The van der Waals surface area contributed by atoms with Crippen molar-refractivity contribution >= 4 is 30.7 Å². The number of nitrogens with two attached hydrogens (primary N) is 1. The van der Waals surface area contributed by atoms with Crippen LogP contribution in [-0.2, 0) is 6.54 Å². The summed E-state index contributed by atoms with van der Waals surface area (Å²) in [6.45, 7) is 7.68. The van der Waals surface area contributed by atoms with Crippen molar-refractivity contribution in [3.63, 3.8) is 0 Å². The van der Waals surface area contributed by atoms with Crippen molar-refractivity contribution in [2.45, 2.75) is 6.54 Å². The molecule has 0 bridgehead atoms. The van der Waals surface area contributed by atoms with Crippen LogP contribution in [0.1, 0.15) is 5.56 Å². The Balaban J connectivity index is 0.000000311. The fourth-order valence-corrected chi connectivity index (χ4v) is 3.24. The predicted molar refractivity (Wildman–Crippen MR) is 146 cm³/mol. The molecular weight excluding hydrogens is 444 g/mol. The molecule has 5 nitrogen and oxygen atoms in total. The Labute approximate surface area is 206 Å². The first kappa shape index (κ1) is 26.5. The van der Waals surface area contributed by atoms with E-state index in [9.17, 15) is 0 Å². The zero-order chi connectivity index (χ0) is 24.8. The number of benzene rings is 3. The number of rotatable bonds is 6. The van der Waals surface area contributed by atoms with E-state index in [1.807, 2.05) is 54.6 Å². The van der Waals surface area contributed by atoms with E-state index < -0.39 is 0 Å². The average molecular weight is 473 g/mol. The van der Waals surface area contributed by atoms with Crippen molar-refractivity contribution in [3.05, 3.63) is 102 Å². The molecule has 0 saturated heterocycles. The van der Waals surface area contributed by atoms with Crippen molar-refractivity contribution < 1.29 is 4.74 Å². The molecule has 0 aliphatic carbocycles. The Morgan fingerprint density at radius 1 is 0.882 bits per heavy atom. The van der Waals surface area contributed by atoms with Crippen LogP contribution >= 0.6 is 11.6 Å². The van der Waals surface area contributed by atoms with Gasteiger partial charge in [0.2, 0.25) is 0 Å². The second-order valence-corrected chi connectivity index (χ2v) is 7.30. The second-order valence-electron chi connectivity index (χ2n) is 6.87. The summed E-state index contributed by atoms with van der Waals surface area (Å²) in [5, 5.41) is 0.739. The van der Waals surface area contributed by atoms with Crippen LogP contribution in [0.3, 0.4) is 0 Å². The number of hydrogen-bond acceptors (Lipinski definition) is 5. The van der Waals surface area contributed by atoms with Crippen LogP contribution in [-0.4, -0.2) is 32.6 Å². The summed E-state index contributed by atoms with van der Waals surface area (Å²) in [6.07, 6.45) is 3.53. The van der Waals surface area contributed by atoms with Crippen molar-refractivity contribution in [3.8, 4) is 28.0 Å². The molecule has 3 aromatic carbocycles.